The van der Waals surface area contributed by atoms with Crippen molar-refractivity contribution in [3.63, 3.8) is 0 Å². The summed E-state index contributed by atoms with van der Waals surface area (Å²) in [5, 5.41) is 27.3. The monoisotopic (exact) mass is 449 g/mol. The predicted molar refractivity (Wildman–Crippen MR) is 99.2 cm³/mol. The minimum absolute atomic E-state index is 0.0158. The maximum atomic E-state index is 12.7. The Hall–Kier alpha value is -2.59. The average Bonchev–Trinajstić information content (AvgIpc) is 2.66. The van der Waals surface area contributed by atoms with E-state index in [0.717, 1.165) is 35.7 Å². The highest BCUT2D eigenvalue weighted by Gasteiger charge is 2.31. The molecule has 0 unspecified atom stereocenters. The van der Waals surface area contributed by atoms with Gasteiger partial charge < -0.3 is 10.1 Å². The minimum atomic E-state index is -4.55. The van der Waals surface area contributed by atoms with E-state index < -0.39 is 24.2 Å². The Kier molecular flexibility index (Phi) is 7.63. The molecule has 0 aliphatic rings. The topological polar surface area (TPSA) is 94.7 Å². The molecule has 2 rings (SSSR count). The second kappa shape index (κ2) is 9.75. The molecular formula is C16H12F5N5OS2. The van der Waals surface area contributed by atoms with Crippen LogP contribution in [0.5, 0.6) is 5.88 Å². The van der Waals surface area contributed by atoms with Crippen molar-refractivity contribution in [1.29, 1.82) is 10.7 Å². The van der Waals surface area contributed by atoms with Crippen LogP contribution in [0, 0.1) is 16.7 Å². The Balaban J connectivity index is 2.06. The van der Waals surface area contributed by atoms with Gasteiger partial charge in [-0.1, -0.05) is 17.8 Å². The predicted octanol–water partition coefficient (Wildman–Crippen LogP) is 4.97. The zero-order valence-electron chi connectivity index (χ0n) is 14.6. The molecular weight excluding hydrogens is 437 g/mol. The van der Waals surface area contributed by atoms with E-state index in [9.17, 15) is 22.0 Å². The summed E-state index contributed by atoms with van der Waals surface area (Å²) < 4.78 is 66.9. The molecule has 0 saturated carbocycles. The lowest BCUT2D eigenvalue weighted by atomic mass is 10.1. The number of nitrogens with one attached hydrogen (secondary N) is 2. The average molecular weight is 449 g/mol. The van der Waals surface area contributed by atoms with E-state index >= 15 is 0 Å². The highest BCUT2D eigenvalue weighted by molar-refractivity contribution is 8.38. The fraction of sp³-hybridized carbons (Fsp3) is 0.250. The molecule has 1 aromatic heterocycles. The van der Waals surface area contributed by atoms with Crippen molar-refractivity contribution >= 4 is 33.6 Å². The molecule has 29 heavy (non-hydrogen) atoms. The van der Waals surface area contributed by atoms with Crippen molar-refractivity contribution in [2.75, 3.05) is 12.4 Å². The summed E-state index contributed by atoms with van der Waals surface area (Å²) in [6, 6.07) is 5.75. The summed E-state index contributed by atoms with van der Waals surface area (Å²) in [6.07, 6.45) is -4.55. The molecule has 0 fully saturated rings. The molecule has 0 aliphatic carbocycles. The highest BCUT2D eigenvalue weighted by Crippen LogP contribution is 2.34. The normalized spacial score (nSPS) is 11.2. The van der Waals surface area contributed by atoms with Crippen molar-refractivity contribution in [2.24, 2.45) is 0 Å². The second-order valence-corrected chi connectivity index (χ2v) is 7.43. The van der Waals surface area contributed by atoms with Crippen molar-refractivity contribution < 1.29 is 26.7 Å². The van der Waals surface area contributed by atoms with Gasteiger partial charge in [-0.15, -0.1) is 10.2 Å². The molecule has 2 aromatic rings. The molecule has 6 nitrogen and oxygen atoms in total. The Labute approximate surface area is 170 Å². The number of halogens is 5. The van der Waals surface area contributed by atoms with Crippen LogP contribution in [-0.4, -0.2) is 28.2 Å². The number of rotatable bonds is 6. The van der Waals surface area contributed by atoms with Gasteiger partial charge in [0.15, 0.2) is 0 Å². The number of hydrogen-bond acceptors (Lipinski definition) is 8. The summed E-state index contributed by atoms with van der Waals surface area (Å²) in [5.41, 5.74) is -0.406. The lowest BCUT2D eigenvalue weighted by Gasteiger charge is -2.11. The maximum absolute atomic E-state index is 12.7. The third kappa shape index (κ3) is 6.47. The van der Waals surface area contributed by atoms with Crippen LogP contribution in [0.25, 0.3) is 0 Å². The molecule has 0 saturated heterocycles. The van der Waals surface area contributed by atoms with E-state index in [1.807, 2.05) is 0 Å². The first kappa shape index (κ1) is 22.7. The fourth-order valence-electron chi connectivity index (χ4n) is 2.01. The Morgan fingerprint density at radius 1 is 1.31 bits per heavy atom. The number of aromatic nitrogens is 2. The lowest BCUT2D eigenvalue weighted by molar-refractivity contribution is -0.137. The summed E-state index contributed by atoms with van der Waals surface area (Å²) >= 11 is 1.84. The van der Waals surface area contributed by atoms with Gasteiger partial charge in [0.2, 0.25) is 5.88 Å². The van der Waals surface area contributed by atoms with Crippen molar-refractivity contribution in [3.05, 3.63) is 41.0 Å². The summed E-state index contributed by atoms with van der Waals surface area (Å²) in [6.45, 7) is -3.06. The number of benzene rings is 1. The second-order valence-electron chi connectivity index (χ2n) is 5.19. The first-order valence-corrected chi connectivity index (χ1v) is 9.44. The van der Waals surface area contributed by atoms with Crippen LogP contribution in [0.15, 0.2) is 29.3 Å². The highest BCUT2D eigenvalue weighted by atomic mass is 32.2. The van der Waals surface area contributed by atoms with Gasteiger partial charge in [0.05, 0.1) is 22.9 Å². The van der Waals surface area contributed by atoms with Crippen LogP contribution in [0.3, 0.4) is 0 Å². The number of ether oxygens (including phenoxy) is 1. The summed E-state index contributed by atoms with van der Waals surface area (Å²) in [7, 11) is 1.52. The third-order valence-electron chi connectivity index (χ3n) is 3.32. The van der Waals surface area contributed by atoms with Gasteiger partial charge in [-0.05, 0) is 29.5 Å². The van der Waals surface area contributed by atoms with Crippen molar-refractivity contribution in [1.82, 2.24) is 10.2 Å². The van der Waals surface area contributed by atoms with Gasteiger partial charge in [-0.3, -0.25) is 5.41 Å². The van der Waals surface area contributed by atoms with Gasteiger partial charge in [0.25, 0.3) is 0 Å². The SMILES string of the molecule is CNc1cc(OC(F)F)nnc1SC(=N)SCc1ccc(C(F)(F)F)cc1C#N. The lowest BCUT2D eigenvalue weighted by Crippen LogP contribution is -2.06. The minimum Gasteiger partial charge on any atom is -0.415 e. The number of anilines is 1. The zero-order valence-corrected chi connectivity index (χ0v) is 16.2. The van der Waals surface area contributed by atoms with Gasteiger partial charge >= 0.3 is 12.8 Å². The number of alkyl halides is 5. The number of thioether (sulfide) groups is 2. The van der Waals surface area contributed by atoms with Gasteiger partial charge in [0.1, 0.15) is 9.40 Å². The Morgan fingerprint density at radius 2 is 2.03 bits per heavy atom. The van der Waals surface area contributed by atoms with Crippen LogP contribution in [0.4, 0.5) is 27.6 Å². The quantitative estimate of drug-likeness (QED) is 0.278. The number of nitrogens with zero attached hydrogens (tertiary/aromatic N) is 3. The molecule has 0 radical (unpaired) electrons. The molecule has 154 valence electrons. The largest absolute Gasteiger partial charge is 0.416 e. The number of nitriles is 1. The van der Waals surface area contributed by atoms with E-state index in [-0.39, 0.29) is 20.7 Å². The van der Waals surface area contributed by atoms with E-state index in [2.05, 4.69) is 20.3 Å². The van der Waals surface area contributed by atoms with Gasteiger partial charge in [-0.25, -0.2) is 0 Å². The molecule has 1 aromatic carbocycles. The third-order valence-corrected chi connectivity index (χ3v) is 5.32. The summed E-state index contributed by atoms with van der Waals surface area (Å²) in [4.78, 5) is 0. The van der Waals surface area contributed by atoms with Crippen LogP contribution < -0.4 is 10.1 Å². The molecule has 0 atom stereocenters. The molecule has 0 amide bonds. The molecule has 13 heteroatoms. The van der Waals surface area contributed by atoms with E-state index in [1.54, 1.807) is 6.07 Å². The summed E-state index contributed by atoms with van der Waals surface area (Å²) in [5.74, 6) is -0.307. The van der Waals surface area contributed by atoms with Crippen LogP contribution in [-0.2, 0) is 11.9 Å². The first-order valence-electron chi connectivity index (χ1n) is 7.63. The first-order chi connectivity index (χ1) is 13.6. The standard InChI is InChI=1S/C16H12F5N5OS2/c1-24-11-5-12(27-14(17)18)25-26-13(11)29-15(23)28-7-8-2-3-10(16(19,20)21)4-9(8)6-22/h2-5,14,23H,7H2,1H3,(H,24,25). The van der Waals surface area contributed by atoms with Gasteiger partial charge in [0, 0.05) is 18.9 Å². The fourth-order valence-corrected chi connectivity index (χ4v) is 3.73. The zero-order chi connectivity index (χ0) is 21.6. The maximum Gasteiger partial charge on any atom is 0.416 e. The Morgan fingerprint density at radius 3 is 2.62 bits per heavy atom. The molecule has 0 aliphatic heterocycles. The van der Waals surface area contributed by atoms with Crippen molar-refractivity contribution in [2.45, 2.75) is 23.6 Å². The van der Waals surface area contributed by atoms with E-state index in [1.165, 1.54) is 19.2 Å². The van der Waals surface area contributed by atoms with Gasteiger partial charge in [-0.2, -0.15) is 27.2 Å². The van der Waals surface area contributed by atoms with E-state index in [4.69, 9.17) is 10.7 Å². The Bertz CT molecular complexity index is 933. The van der Waals surface area contributed by atoms with Crippen LogP contribution in [0.1, 0.15) is 16.7 Å². The number of hydrogen-bond donors (Lipinski definition) is 2. The van der Waals surface area contributed by atoms with Crippen LogP contribution in [0.2, 0.25) is 0 Å². The molecule has 0 bridgehead atoms. The van der Waals surface area contributed by atoms with Crippen LogP contribution >= 0.6 is 23.5 Å². The smallest absolute Gasteiger partial charge is 0.415 e. The molecule has 1 heterocycles. The molecule has 0 spiro atoms. The van der Waals surface area contributed by atoms with E-state index in [0.29, 0.717) is 11.3 Å². The molecule has 2 N–H and O–H groups in total. The van der Waals surface area contributed by atoms with Crippen molar-refractivity contribution in [3.8, 4) is 11.9 Å².